The Morgan fingerprint density at radius 1 is 1.35 bits per heavy atom. The van der Waals surface area contributed by atoms with E-state index in [1.165, 1.54) is 25.1 Å². The molecule has 0 saturated carbocycles. The molecule has 0 aliphatic carbocycles. The summed E-state index contributed by atoms with van der Waals surface area (Å²) in [6.45, 7) is 4.49. The first kappa shape index (κ1) is 19.4. The molecule has 0 radical (unpaired) electrons. The number of carbonyl (C=O) groups excluding carboxylic acids is 2. The Kier molecular flexibility index (Phi) is 6.97. The van der Waals surface area contributed by atoms with Crippen molar-refractivity contribution in [1.29, 1.82) is 0 Å². The number of amides is 2. The molecule has 5 nitrogen and oxygen atoms in total. The van der Waals surface area contributed by atoms with E-state index < -0.39 is 5.82 Å². The number of carbonyl (C=O) groups is 2. The van der Waals surface area contributed by atoms with Gasteiger partial charge in [-0.3, -0.25) is 9.59 Å². The number of nitrogens with one attached hydrogen (secondary N) is 1. The van der Waals surface area contributed by atoms with Gasteiger partial charge in [0.25, 0.3) is 5.91 Å². The molecule has 0 spiro atoms. The van der Waals surface area contributed by atoms with Crippen LogP contribution in [-0.2, 0) is 4.79 Å². The van der Waals surface area contributed by atoms with E-state index in [0.717, 1.165) is 12.8 Å². The van der Waals surface area contributed by atoms with Gasteiger partial charge in [-0.25, -0.2) is 4.39 Å². The maximum absolute atomic E-state index is 13.9. The molecular formula is C16H23ClFN3O2. The topological polar surface area (TPSA) is 75.4 Å². The number of halogens is 2. The number of hydrogen-bond donors (Lipinski definition) is 2. The van der Waals surface area contributed by atoms with E-state index in [2.05, 4.69) is 5.32 Å². The zero-order valence-electron chi connectivity index (χ0n) is 13.3. The first-order chi connectivity index (χ1) is 10.4. The molecular weight excluding hydrogens is 321 g/mol. The summed E-state index contributed by atoms with van der Waals surface area (Å²) in [5.41, 5.74) is 6.30. The van der Waals surface area contributed by atoms with Crippen molar-refractivity contribution in [2.24, 2.45) is 11.7 Å². The molecule has 1 saturated heterocycles. The molecule has 3 N–H and O–H groups in total. The highest BCUT2D eigenvalue weighted by molar-refractivity contribution is 5.97. The standard InChI is InChI=1S/C16H22FN3O2.ClH/c1-10(18)12-5-7-20(8-6-12)16(22)14-9-13(19-11(2)21)3-4-15(14)17;/h3-4,9-10,12H,5-8,18H2,1-2H3,(H,19,21);1H. The van der Waals surface area contributed by atoms with E-state index in [-0.39, 0.29) is 35.8 Å². The number of nitrogens with zero attached hydrogens (tertiary/aromatic N) is 1. The Hall–Kier alpha value is -1.66. The smallest absolute Gasteiger partial charge is 0.256 e. The Morgan fingerprint density at radius 2 is 1.96 bits per heavy atom. The van der Waals surface area contributed by atoms with E-state index in [1.807, 2.05) is 6.92 Å². The summed E-state index contributed by atoms with van der Waals surface area (Å²) in [4.78, 5) is 25.2. The van der Waals surface area contributed by atoms with Crippen LogP contribution in [0.3, 0.4) is 0 Å². The van der Waals surface area contributed by atoms with Gasteiger partial charge in [-0.1, -0.05) is 0 Å². The molecule has 1 aliphatic heterocycles. The largest absolute Gasteiger partial charge is 0.339 e. The van der Waals surface area contributed by atoms with Gasteiger partial charge in [0.15, 0.2) is 0 Å². The highest BCUT2D eigenvalue weighted by atomic mass is 35.5. The van der Waals surface area contributed by atoms with Crippen molar-refractivity contribution in [1.82, 2.24) is 4.90 Å². The van der Waals surface area contributed by atoms with Gasteiger partial charge >= 0.3 is 0 Å². The van der Waals surface area contributed by atoms with E-state index in [1.54, 1.807) is 4.90 Å². The predicted molar refractivity (Wildman–Crippen MR) is 90.2 cm³/mol. The fourth-order valence-electron chi connectivity index (χ4n) is 2.77. The zero-order valence-corrected chi connectivity index (χ0v) is 14.2. The molecule has 0 bridgehead atoms. The molecule has 1 heterocycles. The van der Waals surface area contributed by atoms with Crippen LogP contribution in [0.1, 0.15) is 37.0 Å². The number of anilines is 1. The van der Waals surface area contributed by atoms with Crippen molar-refractivity contribution < 1.29 is 14.0 Å². The third kappa shape index (κ3) is 4.91. The van der Waals surface area contributed by atoms with Crippen LogP contribution in [0, 0.1) is 11.7 Å². The molecule has 2 amide bonds. The summed E-state index contributed by atoms with van der Waals surface area (Å²) in [6, 6.07) is 4.14. The van der Waals surface area contributed by atoms with Gasteiger partial charge in [0.1, 0.15) is 5.82 Å². The van der Waals surface area contributed by atoms with Crippen molar-refractivity contribution in [3.05, 3.63) is 29.6 Å². The molecule has 23 heavy (non-hydrogen) atoms. The fourth-order valence-corrected chi connectivity index (χ4v) is 2.77. The van der Waals surface area contributed by atoms with Crippen LogP contribution in [0.25, 0.3) is 0 Å². The van der Waals surface area contributed by atoms with E-state index in [4.69, 9.17) is 5.73 Å². The highest BCUT2D eigenvalue weighted by Gasteiger charge is 2.27. The van der Waals surface area contributed by atoms with Gasteiger partial charge in [0.2, 0.25) is 5.91 Å². The molecule has 1 fully saturated rings. The minimum Gasteiger partial charge on any atom is -0.339 e. The Labute approximate surface area is 141 Å². The van der Waals surface area contributed by atoms with Gasteiger partial charge in [-0.05, 0) is 43.9 Å². The number of hydrogen-bond acceptors (Lipinski definition) is 3. The molecule has 1 atom stereocenters. The lowest BCUT2D eigenvalue weighted by Crippen LogP contribution is -2.42. The number of nitrogens with two attached hydrogens (primary N) is 1. The van der Waals surface area contributed by atoms with Crippen molar-refractivity contribution in [3.8, 4) is 0 Å². The van der Waals surface area contributed by atoms with Crippen LogP contribution >= 0.6 is 12.4 Å². The Bertz CT molecular complexity index is 572. The van der Waals surface area contributed by atoms with Crippen molar-refractivity contribution in [2.75, 3.05) is 18.4 Å². The molecule has 1 aromatic carbocycles. The van der Waals surface area contributed by atoms with Gasteiger partial charge in [-0.2, -0.15) is 0 Å². The summed E-state index contributed by atoms with van der Waals surface area (Å²) in [5, 5.41) is 2.56. The van der Waals surface area contributed by atoms with Crippen molar-refractivity contribution >= 4 is 29.9 Å². The lowest BCUT2D eigenvalue weighted by atomic mass is 9.90. The fraction of sp³-hybridized carbons (Fsp3) is 0.500. The second-order valence-electron chi connectivity index (χ2n) is 5.86. The lowest BCUT2D eigenvalue weighted by molar-refractivity contribution is -0.114. The van der Waals surface area contributed by atoms with Crippen LogP contribution < -0.4 is 11.1 Å². The average molecular weight is 344 g/mol. The van der Waals surface area contributed by atoms with Crippen LogP contribution in [0.15, 0.2) is 18.2 Å². The minimum atomic E-state index is -0.576. The summed E-state index contributed by atoms with van der Waals surface area (Å²) in [7, 11) is 0. The predicted octanol–water partition coefficient (Wildman–Crippen LogP) is 2.41. The zero-order chi connectivity index (χ0) is 16.3. The Balaban J connectivity index is 0.00000264. The molecule has 1 unspecified atom stereocenters. The number of benzene rings is 1. The Morgan fingerprint density at radius 3 is 2.48 bits per heavy atom. The summed E-state index contributed by atoms with van der Waals surface area (Å²) in [6.07, 6.45) is 1.66. The third-order valence-electron chi connectivity index (χ3n) is 4.09. The monoisotopic (exact) mass is 343 g/mol. The van der Waals surface area contributed by atoms with Crippen LogP contribution in [0.2, 0.25) is 0 Å². The number of piperidine rings is 1. The van der Waals surface area contributed by atoms with Crippen LogP contribution in [-0.4, -0.2) is 35.8 Å². The highest BCUT2D eigenvalue weighted by Crippen LogP contribution is 2.23. The number of likely N-dealkylation sites (tertiary alicyclic amines) is 1. The molecule has 1 aromatic rings. The third-order valence-corrected chi connectivity index (χ3v) is 4.09. The van der Waals surface area contributed by atoms with Gasteiger partial charge in [0.05, 0.1) is 5.56 Å². The first-order valence-electron chi connectivity index (χ1n) is 7.50. The maximum Gasteiger partial charge on any atom is 0.256 e. The van der Waals surface area contributed by atoms with E-state index in [9.17, 15) is 14.0 Å². The molecule has 128 valence electrons. The van der Waals surface area contributed by atoms with E-state index >= 15 is 0 Å². The summed E-state index contributed by atoms with van der Waals surface area (Å²) < 4.78 is 13.9. The maximum atomic E-state index is 13.9. The first-order valence-corrected chi connectivity index (χ1v) is 7.50. The molecule has 0 aromatic heterocycles. The molecule has 1 aliphatic rings. The SMILES string of the molecule is CC(=O)Nc1ccc(F)c(C(=O)N2CCC(C(C)N)CC2)c1.Cl. The number of rotatable bonds is 3. The quantitative estimate of drug-likeness (QED) is 0.885. The van der Waals surface area contributed by atoms with Gasteiger partial charge in [0, 0.05) is 31.7 Å². The summed E-state index contributed by atoms with van der Waals surface area (Å²) in [5.74, 6) is -0.774. The van der Waals surface area contributed by atoms with Crippen molar-refractivity contribution in [3.63, 3.8) is 0 Å². The second-order valence-corrected chi connectivity index (χ2v) is 5.86. The molecule has 2 rings (SSSR count). The second kappa shape index (κ2) is 8.26. The van der Waals surface area contributed by atoms with Crippen LogP contribution in [0.5, 0.6) is 0 Å². The van der Waals surface area contributed by atoms with Crippen LogP contribution in [0.4, 0.5) is 10.1 Å². The van der Waals surface area contributed by atoms with Gasteiger partial charge < -0.3 is 16.0 Å². The van der Waals surface area contributed by atoms with E-state index in [0.29, 0.717) is 24.7 Å². The molecule has 7 heteroatoms. The lowest BCUT2D eigenvalue weighted by Gasteiger charge is -2.33. The average Bonchev–Trinajstić information content (AvgIpc) is 2.48. The van der Waals surface area contributed by atoms with Crippen molar-refractivity contribution in [2.45, 2.75) is 32.7 Å². The minimum absolute atomic E-state index is 0. The van der Waals surface area contributed by atoms with Gasteiger partial charge in [-0.15, -0.1) is 12.4 Å². The summed E-state index contributed by atoms with van der Waals surface area (Å²) >= 11 is 0. The normalized spacial score (nSPS) is 16.4.